The molecule has 0 radical (unpaired) electrons. The van der Waals surface area contributed by atoms with Crippen molar-refractivity contribution in [2.45, 2.75) is 6.54 Å². The molecule has 0 atom stereocenters. The molecule has 2 aromatic rings. The topological polar surface area (TPSA) is 75.4 Å². The van der Waals surface area contributed by atoms with E-state index < -0.39 is 6.03 Å². The number of nitrogens with one attached hydrogen (secondary N) is 1. The fourth-order valence-electron chi connectivity index (χ4n) is 1.99. The van der Waals surface area contributed by atoms with Gasteiger partial charge in [0.2, 0.25) is 0 Å². The standard InChI is InChI=1S/C16H16FN3O2/c1-20(10-11-2-6-13(17)7-3-11)15(21)12-4-8-14(9-5-12)19-16(18)22/h2-9H,10H2,1H3,(H3,18,19,22). The fraction of sp³-hybridized carbons (Fsp3) is 0.125. The number of hydrogen-bond acceptors (Lipinski definition) is 2. The van der Waals surface area contributed by atoms with Crippen LogP contribution in [-0.2, 0) is 6.54 Å². The van der Waals surface area contributed by atoms with E-state index in [4.69, 9.17) is 5.73 Å². The van der Waals surface area contributed by atoms with E-state index in [2.05, 4.69) is 5.32 Å². The van der Waals surface area contributed by atoms with Gasteiger partial charge in [0, 0.05) is 24.8 Å². The summed E-state index contributed by atoms with van der Waals surface area (Å²) in [6.07, 6.45) is 0. The summed E-state index contributed by atoms with van der Waals surface area (Å²) in [7, 11) is 1.67. The molecule has 3 amide bonds. The molecule has 0 heterocycles. The van der Waals surface area contributed by atoms with Crippen LogP contribution in [0, 0.1) is 5.82 Å². The van der Waals surface area contributed by atoms with Gasteiger partial charge in [-0.1, -0.05) is 12.1 Å². The summed E-state index contributed by atoms with van der Waals surface area (Å²) in [6.45, 7) is 0.375. The Morgan fingerprint density at radius 3 is 2.23 bits per heavy atom. The third-order valence-electron chi connectivity index (χ3n) is 3.08. The van der Waals surface area contributed by atoms with E-state index in [1.807, 2.05) is 0 Å². The highest BCUT2D eigenvalue weighted by Crippen LogP contribution is 2.13. The number of amides is 3. The van der Waals surface area contributed by atoms with E-state index in [9.17, 15) is 14.0 Å². The molecule has 22 heavy (non-hydrogen) atoms. The average Bonchev–Trinajstić information content (AvgIpc) is 2.49. The van der Waals surface area contributed by atoms with Gasteiger partial charge in [-0.25, -0.2) is 9.18 Å². The molecule has 0 aromatic heterocycles. The molecular weight excluding hydrogens is 285 g/mol. The van der Waals surface area contributed by atoms with Gasteiger partial charge in [-0.05, 0) is 42.0 Å². The zero-order chi connectivity index (χ0) is 16.1. The Hall–Kier alpha value is -2.89. The minimum Gasteiger partial charge on any atom is -0.351 e. The summed E-state index contributed by atoms with van der Waals surface area (Å²) < 4.78 is 12.9. The molecular formula is C16H16FN3O2. The second-order valence-corrected chi connectivity index (χ2v) is 4.85. The molecule has 0 spiro atoms. The molecule has 0 bridgehead atoms. The van der Waals surface area contributed by atoms with Gasteiger partial charge in [0.05, 0.1) is 0 Å². The van der Waals surface area contributed by atoms with Gasteiger partial charge in [-0.2, -0.15) is 0 Å². The van der Waals surface area contributed by atoms with Gasteiger partial charge < -0.3 is 16.0 Å². The van der Waals surface area contributed by atoms with Crippen molar-refractivity contribution >= 4 is 17.6 Å². The summed E-state index contributed by atoms with van der Waals surface area (Å²) in [5.74, 6) is -0.481. The Morgan fingerprint density at radius 2 is 1.68 bits per heavy atom. The second kappa shape index (κ2) is 6.71. The SMILES string of the molecule is CN(Cc1ccc(F)cc1)C(=O)c1ccc(NC(N)=O)cc1. The lowest BCUT2D eigenvalue weighted by Crippen LogP contribution is -2.26. The smallest absolute Gasteiger partial charge is 0.316 e. The summed E-state index contributed by atoms with van der Waals surface area (Å²) in [5, 5.41) is 2.42. The normalized spacial score (nSPS) is 10.1. The Balaban J connectivity index is 2.03. The molecule has 0 saturated carbocycles. The highest BCUT2D eigenvalue weighted by Gasteiger charge is 2.12. The summed E-state index contributed by atoms with van der Waals surface area (Å²) in [6, 6.07) is 11.7. The summed E-state index contributed by atoms with van der Waals surface area (Å²) in [5.41, 5.74) is 6.86. The molecule has 5 nitrogen and oxygen atoms in total. The summed E-state index contributed by atoms with van der Waals surface area (Å²) >= 11 is 0. The Kier molecular flexibility index (Phi) is 4.73. The van der Waals surface area contributed by atoms with Crippen LogP contribution in [0.1, 0.15) is 15.9 Å². The largest absolute Gasteiger partial charge is 0.351 e. The number of primary amides is 1. The fourth-order valence-corrected chi connectivity index (χ4v) is 1.99. The van der Waals surface area contributed by atoms with Crippen LogP contribution < -0.4 is 11.1 Å². The van der Waals surface area contributed by atoms with Gasteiger partial charge in [0.1, 0.15) is 5.82 Å². The van der Waals surface area contributed by atoms with Crippen molar-refractivity contribution in [3.05, 3.63) is 65.5 Å². The minimum atomic E-state index is -0.660. The van der Waals surface area contributed by atoms with E-state index in [1.165, 1.54) is 17.0 Å². The molecule has 0 unspecified atom stereocenters. The number of carbonyl (C=O) groups is 2. The van der Waals surface area contributed by atoms with Crippen LogP contribution in [0.25, 0.3) is 0 Å². The number of nitrogens with zero attached hydrogens (tertiary/aromatic N) is 1. The first kappa shape index (κ1) is 15.5. The van der Waals surface area contributed by atoms with Gasteiger partial charge >= 0.3 is 6.03 Å². The number of carbonyl (C=O) groups excluding carboxylic acids is 2. The van der Waals surface area contributed by atoms with Crippen molar-refractivity contribution in [3.8, 4) is 0 Å². The first-order valence-corrected chi connectivity index (χ1v) is 6.62. The molecule has 0 fully saturated rings. The number of rotatable bonds is 4. The quantitative estimate of drug-likeness (QED) is 0.910. The van der Waals surface area contributed by atoms with Crippen molar-refractivity contribution in [1.29, 1.82) is 0 Å². The van der Waals surface area contributed by atoms with Crippen LogP contribution >= 0.6 is 0 Å². The first-order chi connectivity index (χ1) is 10.5. The molecule has 2 aromatic carbocycles. The van der Waals surface area contributed by atoms with Crippen molar-refractivity contribution < 1.29 is 14.0 Å². The molecule has 6 heteroatoms. The lowest BCUT2D eigenvalue weighted by atomic mass is 10.1. The van der Waals surface area contributed by atoms with Crippen LogP contribution in [0.4, 0.5) is 14.9 Å². The minimum absolute atomic E-state index is 0.171. The van der Waals surface area contributed by atoms with E-state index in [-0.39, 0.29) is 11.7 Å². The number of hydrogen-bond donors (Lipinski definition) is 2. The number of halogens is 1. The average molecular weight is 301 g/mol. The van der Waals surface area contributed by atoms with Crippen LogP contribution in [0.3, 0.4) is 0 Å². The number of anilines is 1. The predicted octanol–water partition coefficient (Wildman–Crippen LogP) is 2.59. The van der Waals surface area contributed by atoms with Crippen molar-refractivity contribution in [2.24, 2.45) is 5.73 Å². The van der Waals surface area contributed by atoms with Gasteiger partial charge in [-0.15, -0.1) is 0 Å². The van der Waals surface area contributed by atoms with E-state index in [0.29, 0.717) is 17.8 Å². The second-order valence-electron chi connectivity index (χ2n) is 4.85. The number of benzene rings is 2. The Morgan fingerprint density at radius 1 is 1.09 bits per heavy atom. The zero-order valence-electron chi connectivity index (χ0n) is 12.0. The van der Waals surface area contributed by atoms with Gasteiger partial charge in [-0.3, -0.25) is 4.79 Å². The Labute approximate surface area is 127 Å². The van der Waals surface area contributed by atoms with E-state index in [0.717, 1.165) is 5.56 Å². The number of nitrogens with two attached hydrogens (primary N) is 1. The number of urea groups is 1. The first-order valence-electron chi connectivity index (χ1n) is 6.62. The van der Waals surface area contributed by atoms with E-state index >= 15 is 0 Å². The maximum atomic E-state index is 12.9. The molecule has 0 aliphatic rings. The maximum Gasteiger partial charge on any atom is 0.316 e. The maximum absolute atomic E-state index is 12.9. The van der Waals surface area contributed by atoms with Crippen LogP contribution in [0.2, 0.25) is 0 Å². The zero-order valence-corrected chi connectivity index (χ0v) is 12.0. The van der Waals surface area contributed by atoms with Crippen LogP contribution in [0.15, 0.2) is 48.5 Å². The van der Waals surface area contributed by atoms with Crippen molar-refractivity contribution in [3.63, 3.8) is 0 Å². The van der Waals surface area contributed by atoms with Crippen LogP contribution in [-0.4, -0.2) is 23.9 Å². The summed E-state index contributed by atoms with van der Waals surface area (Å²) in [4.78, 5) is 24.6. The third kappa shape index (κ3) is 4.05. The predicted molar refractivity (Wildman–Crippen MR) is 81.8 cm³/mol. The molecule has 0 aliphatic carbocycles. The van der Waals surface area contributed by atoms with Crippen molar-refractivity contribution in [1.82, 2.24) is 4.90 Å². The van der Waals surface area contributed by atoms with Crippen LogP contribution in [0.5, 0.6) is 0 Å². The van der Waals surface area contributed by atoms with Gasteiger partial charge in [0.15, 0.2) is 0 Å². The molecule has 3 N–H and O–H groups in total. The third-order valence-corrected chi connectivity index (χ3v) is 3.08. The highest BCUT2D eigenvalue weighted by molar-refractivity contribution is 5.95. The molecule has 0 aliphatic heterocycles. The van der Waals surface area contributed by atoms with E-state index in [1.54, 1.807) is 43.4 Å². The molecule has 114 valence electrons. The lowest BCUT2D eigenvalue weighted by Gasteiger charge is -2.17. The Bertz CT molecular complexity index is 669. The molecule has 2 rings (SSSR count). The lowest BCUT2D eigenvalue weighted by molar-refractivity contribution is 0.0785. The van der Waals surface area contributed by atoms with Crippen molar-refractivity contribution in [2.75, 3.05) is 12.4 Å². The molecule has 0 saturated heterocycles. The monoisotopic (exact) mass is 301 g/mol. The highest BCUT2D eigenvalue weighted by atomic mass is 19.1. The van der Waals surface area contributed by atoms with Gasteiger partial charge in [0.25, 0.3) is 5.91 Å².